The summed E-state index contributed by atoms with van der Waals surface area (Å²) in [5.74, 6) is 0.287. The summed E-state index contributed by atoms with van der Waals surface area (Å²) in [6.45, 7) is 12.1. The Morgan fingerprint density at radius 3 is 2.40 bits per heavy atom. The summed E-state index contributed by atoms with van der Waals surface area (Å²) < 4.78 is 2.95. The fourth-order valence-corrected chi connectivity index (χ4v) is 2.99. The number of Topliss-reactive ketones (excluding diaryl/α,β-unsaturated/α-hetero) is 1. The molecule has 1 rings (SSSR count). The van der Waals surface area contributed by atoms with Gasteiger partial charge >= 0.3 is 0 Å². The highest BCUT2D eigenvalue weighted by Gasteiger charge is 2.17. The van der Waals surface area contributed by atoms with Crippen molar-refractivity contribution >= 4 is 21.7 Å². The number of carbonyl (C=O) groups is 1. The molecule has 0 spiro atoms. The van der Waals surface area contributed by atoms with Crippen molar-refractivity contribution in [2.75, 3.05) is 19.6 Å². The molecule has 1 aromatic heterocycles. The van der Waals surface area contributed by atoms with Crippen LogP contribution >= 0.6 is 15.9 Å². The lowest BCUT2D eigenvalue weighted by molar-refractivity contribution is -0.118. The molecule has 1 heterocycles. The van der Waals surface area contributed by atoms with Crippen molar-refractivity contribution in [3.05, 3.63) is 15.9 Å². The molecule has 0 N–H and O–H groups in total. The number of ketones is 1. The predicted octanol–water partition coefficient (Wildman–Crippen LogP) is 3.07. The number of aryl methyl sites for hydroxylation is 2. The van der Waals surface area contributed by atoms with E-state index in [0.29, 0.717) is 12.8 Å². The van der Waals surface area contributed by atoms with Crippen LogP contribution in [0.1, 0.15) is 45.5 Å². The lowest BCUT2D eigenvalue weighted by atomic mass is 10.1. The van der Waals surface area contributed by atoms with E-state index < -0.39 is 0 Å². The van der Waals surface area contributed by atoms with Crippen molar-refractivity contribution in [2.45, 2.75) is 53.5 Å². The zero-order valence-corrected chi connectivity index (χ0v) is 14.7. The highest BCUT2D eigenvalue weighted by molar-refractivity contribution is 9.10. The summed E-state index contributed by atoms with van der Waals surface area (Å²) in [7, 11) is 0. The molecule has 0 amide bonds. The first-order valence-corrected chi connectivity index (χ1v) is 8.34. The van der Waals surface area contributed by atoms with Crippen molar-refractivity contribution in [1.82, 2.24) is 14.7 Å². The third-order valence-electron chi connectivity index (χ3n) is 3.66. The summed E-state index contributed by atoms with van der Waals surface area (Å²) in [5, 5.41) is 4.53. The summed E-state index contributed by atoms with van der Waals surface area (Å²) in [5.41, 5.74) is 2.06. The third-order valence-corrected chi connectivity index (χ3v) is 4.58. The molecule has 0 aliphatic rings. The Morgan fingerprint density at radius 2 is 1.90 bits per heavy atom. The average molecular weight is 344 g/mol. The predicted molar refractivity (Wildman–Crippen MR) is 86.1 cm³/mol. The van der Waals surface area contributed by atoms with Crippen molar-refractivity contribution in [3.63, 3.8) is 0 Å². The summed E-state index contributed by atoms with van der Waals surface area (Å²) >= 11 is 3.59. The third kappa shape index (κ3) is 4.42. The second-order valence-corrected chi connectivity index (χ2v) is 5.66. The highest BCUT2D eigenvalue weighted by Crippen LogP contribution is 2.23. The van der Waals surface area contributed by atoms with E-state index in [9.17, 15) is 4.79 Å². The molecule has 1 aromatic rings. The average Bonchev–Trinajstić information content (AvgIpc) is 2.76. The van der Waals surface area contributed by atoms with E-state index in [4.69, 9.17) is 0 Å². The van der Waals surface area contributed by atoms with Gasteiger partial charge in [0.1, 0.15) is 5.78 Å². The van der Waals surface area contributed by atoms with E-state index in [-0.39, 0.29) is 5.78 Å². The molecule has 0 atom stereocenters. The first-order valence-electron chi connectivity index (χ1n) is 7.55. The van der Waals surface area contributed by atoms with Gasteiger partial charge in [-0.1, -0.05) is 20.8 Å². The van der Waals surface area contributed by atoms with Crippen molar-refractivity contribution in [1.29, 1.82) is 0 Å². The summed E-state index contributed by atoms with van der Waals surface area (Å²) in [6, 6.07) is 0. The van der Waals surface area contributed by atoms with E-state index in [2.05, 4.69) is 53.6 Å². The smallest absolute Gasteiger partial charge is 0.140 e. The fourth-order valence-electron chi connectivity index (χ4n) is 2.28. The molecule has 0 saturated carbocycles. The van der Waals surface area contributed by atoms with Crippen molar-refractivity contribution in [3.8, 4) is 0 Å². The summed E-state index contributed by atoms with van der Waals surface area (Å²) in [6.07, 6.45) is 1.97. The first-order chi connectivity index (χ1) is 9.57. The van der Waals surface area contributed by atoms with Gasteiger partial charge in [-0.05, 0) is 42.4 Å². The maximum atomic E-state index is 12.2. The van der Waals surface area contributed by atoms with Gasteiger partial charge in [-0.3, -0.25) is 9.48 Å². The van der Waals surface area contributed by atoms with Crippen LogP contribution < -0.4 is 0 Å². The second kappa shape index (κ2) is 8.57. The highest BCUT2D eigenvalue weighted by atomic mass is 79.9. The largest absolute Gasteiger partial charge is 0.303 e. The van der Waals surface area contributed by atoms with Gasteiger partial charge in [-0.25, -0.2) is 0 Å². The number of hydrogen-bond donors (Lipinski definition) is 0. The number of halogens is 1. The molecule has 0 fully saturated rings. The van der Waals surface area contributed by atoms with Crippen LogP contribution in [0.2, 0.25) is 0 Å². The van der Waals surface area contributed by atoms with Crippen LogP contribution in [0.3, 0.4) is 0 Å². The lowest BCUT2D eigenvalue weighted by Crippen LogP contribution is -2.26. The monoisotopic (exact) mass is 343 g/mol. The quantitative estimate of drug-likeness (QED) is 0.691. The Bertz CT molecular complexity index is 439. The SMILES string of the molecule is CCc1nn(CC)c(CC(=O)CCN(CC)CC)c1Br. The minimum Gasteiger partial charge on any atom is -0.303 e. The minimum atomic E-state index is 0.287. The van der Waals surface area contributed by atoms with E-state index in [1.165, 1.54) is 0 Å². The van der Waals surface area contributed by atoms with Gasteiger partial charge in [0.15, 0.2) is 0 Å². The van der Waals surface area contributed by atoms with Crippen LogP contribution in [-0.2, 0) is 24.2 Å². The maximum Gasteiger partial charge on any atom is 0.140 e. The second-order valence-electron chi connectivity index (χ2n) is 4.87. The number of nitrogens with zero attached hydrogens (tertiary/aromatic N) is 3. The minimum absolute atomic E-state index is 0.287. The Balaban J connectivity index is 2.68. The molecule has 0 aromatic carbocycles. The van der Waals surface area contributed by atoms with E-state index in [1.54, 1.807) is 0 Å². The van der Waals surface area contributed by atoms with Gasteiger partial charge in [0.2, 0.25) is 0 Å². The standard InChI is InChI=1S/C15H26BrN3O/c1-5-13-15(16)14(19(8-4)17-13)11-12(20)9-10-18(6-2)7-3/h5-11H2,1-4H3. The zero-order chi connectivity index (χ0) is 15.1. The van der Waals surface area contributed by atoms with Crippen LogP contribution in [0.15, 0.2) is 4.47 Å². The molecule has 0 aliphatic carbocycles. The van der Waals surface area contributed by atoms with Gasteiger partial charge in [0.05, 0.1) is 15.9 Å². The number of rotatable bonds is 9. The Morgan fingerprint density at radius 1 is 1.25 bits per heavy atom. The van der Waals surface area contributed by atoms with Crippen molar-refractivity contribution in [2.24, 2.45) is 0 Å². The summed E-state index contributed by atoms with van der Waals surface area (Å²) in [4.78, 5) is 14.5. The maximum absolute atomic E-state index is 12.2. The van der Waals surface area contributed by atoms with E-state index in [0.717, 1.165) is 48.5 Å². The van der Waals surface area contributed by atoms with Crippen molar-refractivity contribution < 1.29 is 4.79 Å². The Hall–Kier alpha value is -0.680. The van der Waals surface area contributed by atoms with Crippen LogP contribution in [0.5, 0.6) is 0 Å². The Labute approximate surface area is 130 Å². The number of carbonyl (C=O) groups excluding carboxylic acids is 1. The number of hydrogen-bond acceptors (Lipinski definition) is 3. The Kier molecular flexibility index (Phi) is 7.45. The van der Waals surface area contributed by atoms with Crippen LogP contribution in [-0.4, -0.2) is 40.1 Å². The van der Waals surface area contributed by atoms with E-state index >= 15 is 0 Å². The molecule has 0 radical (unpaired) electrons. The lowest BCUT2D eigenvalue weighted by Gasteiger charge is -2.17. The molecular formula is C15H26BrN3O. The van der Waals surface area contributed by atoms with Gasteiger partial charge < -0.3 is 4.90 Å². The molecule has 0 aliphatic heterocycles. The molecule has 5 heteroatoms. The van der Waals surface area contributed by atoms with Crippen LogP contribution in [0.4, 0.5) is 0 Å². The fraction of sp³-hybridized carbons (Fsp3) is 0.733. The first kappa shape index (κ1) is 17.4. The molecule has 0 saturated heterocycles. The van der Waals surface area contributed by atoms with E-state index in [1.807, 2.05) is 4.68 Å². The number of aromatic nitrogens is 2. The molecule has 0 bridgehead atoms. The van der Waals surface area contributed by atoms with Gasteiger partial charge in [0, 0.05) is 25.9 Å². The molecule has 20 heavy (non-hydrogen) atoms. The molecule has 0 unspecified atom stereocenters. The normalized spacial score (nSPS) is 11.3. The molecule has 4 nitrogen and oxygen atoms in total. The molecular weight excluding hydrogens is 318 g/mol. The van der Waals surface area contributed by atoms with Crippen LogP contribution in [0.25, 0.3) is 0 Å². The topological polar surface area (TPSA) is 38.1 Å². The van der Waals surface area contributed by atoms with Gasteiger partial charge in [-0.2, -0.15) is 5.10 Å². The van der Waals surface area contributed by atoms with Crippen LogP contribution in [0, 0.1) is 0 Å². The van der Waals surface area contributed by atoms with Gasteiger partial charge in [0.25, 0.3) is 0 Å². The molecule has 114 valence electrons. The zero-order valence-electron chi connectivity index (χ0n) is 13.1. The van der Waals surface area contributed by atoms with Gasteiger partial charge in [-0.15, -0.1) is 0 Å².